The summed E-state index contributed by atoms with van der Waals surface area (Å²) in [5, 5.41) is 22.0. The van der Waals surface area contributed by atoms with Gasteiger partial charge in [-0.05, 0) is 28.9 Å². The molecule has 2 aromatic heterocycles. The maximum Gasteiger partial charge on any atom is 0.219 e. The average Bonchev–Trinajstić information content (AvgIpc) is 2.24. The van der Waals surface area contributed by atoms with Crippen LogP contribution >= 0.6 is 27.5 Å². The van der Waals surface area contributed by atoms with Crippen molar-refractivity contribution in [2.75, 3.05) is 0 Å². The molecule has 0 radical (unpaired) electrons. The molecular weight excluding hydrogens is 307 g/mol. The maximum absolute atomic E-state index is 10.6. The van der Waals surface area contributed by atoms with Crippen molar-refractivity contribution < 1.29 is 4.85 Å². The van der Waals surface area contributed by atoms with Crippen molar-refractivity contribution in [1.82, 2.24) is 15.3 Å². The Balaban J connectivity index is 0.000000171. The molecule has 0 bridgehead atoms. The third-order valence-corrected chi connectivity index (χ3v) is 2.32. The highest BCUT2D eigenvalue weighted by Crippen LogP contribution is 2.05. The number of hydrogen-bond acceptors (Lipinski definition) is 4. The molecule has 0 unspecified atom stereocenters. The highest BCUT2D eigenvalue weighted by Gasteiger charge is 1.98. The van der Waals surface area contributed by atoms with E-state index < -0.39 is 0 Å². The number of aryl methyl sites for hydroxylation is 2. The Morgan fingerprint density at radius 1 is 1.29 bits per heavy atom. The van der Waals surface area contributed by atoms with E-state index in [1.165, 1.54) is 12.4 Å². The average molecular weight is 318 g/mol. The van der Waals surface area contributed by atoms with E-state index in [-0.39, 0.29) is 0 Å². The molecule has 0 saturated heterocycles. The van der Waals surface area contributed by atoms with E-state index in [9.17, 15) is 5.21 Å². The Kier molecular flexibility index (Phi) is 5.24. The van der Waals surface area contributed by atoms with Gasteiger partial charge >= 0.3 is 0 Å². The van der Waals surface area contributed by atoms with E-state index in [4.69, 9.17) is 11.6 Å². The molecule has 2 rings (SSSR count). The first-order valence-corrected chi connectivity index (χ1v) is 5.83. The summed E-state index contributed by atoms with van der Waals surface area (Å²) in [4.78, 5) is 0.574. The molecule has 7 heteroatoms. The molecule has 5 nitrogen and oxygen atoms in total. The molecule has 0 fully saturated rings. The lowest BCUT2D eigenvalue weighted by molar-refractivity contribution is -0.675. The van der Waals surface area contributed by atoms with Crippen LogP contribution in [0.3, 0.4) is 0 Å². The molecule has 2 heterocycles. The summed E-state index contributed by atoms with van der Waals surface area (Å²) in [5.74, 6) is 0. The summed E-state index contributed by atoms with van der Waals surface area (Å²) >= 11 is 8.72. The van der Waals surface area contributed by atoms with Gasteiger partial charge in [0, 0.05) is 22.6 Å². The van der Waals surface area contributed by atoms with Crippen molar-refractivity contribution in [3.05, 3.63) is 50.6 Å². The molecule has 0 aliphatic rings. The SMILES string of the molecule is Cc1cc(Br)cn[n+]1[O-].Cc1cc(Cl)cnn1. The van der Waals surface area contributed by atoms with E-state index >= 15 is 0 Å². The largest absolute Gasteiger partial charge is 0.594 e. The predicted octanol–water partition coefficient (Wildman–Crippen LogP) is 2.22. The van der Waals surface area contributed by atoms with Gasteiger partial charge in [-0.25, -0.2) is 0 Å². The van der Waals surface area contributed by atoms with Crippen LogP contribution in [0.4, 0.5) is 0 Å². The minimum atomic E-state index is 0.574. The second kappa shape index (κ2) is 6.46. The molecule has 17 heavy (non-hydrogen) atoms. The summed E-state index contributed by atoms with van der Waals surface area (Å²) in [5.41, 5.74) is 1.43. The van der Waals surface area contributed by atoms with Gasteiger partial charge in [-0.2, -0.15) is 10.2 Å². The van der Waals surface area contributed by atoms with Crippen LogP contribution in [0.1, 0.15) is 11.4 Å². The molecule has 2 aromatic rings. The predicted molar refractivity (Wildman–Crippen MR) is 67.4 cm³/mol. The highest BCUT2D eigenvalue weighted by molar-refractivity contribution is 9.10. The summed E-state index contributed by atoms with van der Waals surface area (Å²) < 4.78 is 0.826. The van der Waals surface area contributed by atoms with Crippen LogP contribution in [0.15, 0.2) is 29.0 Å². The molecule has 0 atom stereocenters. The third kappa shape index (κ3) is 5.06. The van der Waals surface area contributed by atoms with Crippen LogP contribution in [0.25, 0.3) is 0 Å². The van der Waals surface area contributed by atoms with Crippen molar-refractivity contribution in [3.63, 3.8) is 0 Å². The smallest absolute Gasteiger partial charge is 0.219 e. The van der Waals surface area contributed by atoms with Crippen molar-refractivity contribution in [3.8, 4) is 0 Å². The van der Waals surface area contributed by atoms with Crippen molar-refractivity contribution in [1.29, 1.82) is 0 Å². The Morgan fingerprint density at radius 3 is 2.41 bits per heavy atom. The summed E-state index contributed by atoms with van der Waals surface area (Å²) in [6, 6.07) is 3.47. The van der Waals surface area contributed by atoms with Crippen LogP contribution < -0.4 is 4.85 Å². The lowest BCUT2D eigenvalue weighted by atomic mass is 10.4. The quantitative estimate of drug-likeness (QED) is 0.552. The van der Waals surface area contributed by atoms with Crippen LogP contribution in [0, 0.1) is 19.1 Å². The number of aromatic nitrogens is 4. The van der Waals surface area contributed by atoms with Gasteiger partial charge in [0.05, 0.1) is 16.9 Å². The number of hydrogen-bond donors (Lipinski definition) is 0. The van der Waals surface area contributed by atoms with Gasteiger partial charge in [-0.3, -0.25) is 0 Å². The van der Waals surface area contributed by atoms with E-state index in [0.29, 0.717) is 15.6 Å². The van der Waals surface area contributed by atoms with Gasteiger partial charge in [0.2, 0.25) is 5.69 Å². The lowest BCUT2D eigenvalue weighted by Gasteiger charge is -1.94. The summed E-state index contributed by atoms with van der Waals surface area (Å²) in [6.07, 6.45) is 2.97. The van der Waals surface area contributed by atoms with E-state index in [1.54, 1.807) is 19.1 Å². The van der Waals surface area contributed by atoms with Crippen LogP contribution in [-0.4, -0.2) is 15.3 Å². The molecule has 0 spiro atoms. The standard InChI is InChI=1S/C5H5BrN2O.C5H5ClN2/c1-4-2-5(6)3-7-8(4)9;1-4-2-5(6)3-7-8-4/h2-3H,1H3;2-3H,1H3. The fraction of sp³-hybridized carbons (Fsp3) is 0.200. The van der Waals surface area contributed by atoms with E-state index in [1.807, 2.05) is 6.92 Å². The minimum absolute atomic E-state index is 0.574. The molecule has 0 amide bonds. The minimum Gasteiger partial charge on any atom is -0.594 e. The Labute approximate surface area is 112 Å². The number of rotatable bonds is 0. The molecule has 0 saturated carbocycles. The van der Waals surface area contributed by atoms with Gasteiger partial charge in [-0.15, -0.1) is 0 Å². The number of halogens is 2. The lowest BCUT2D eigenvalue weighted by Crippen LogP contribution is -2.33. The zero-order chi connectivity index (χ0) is 12.8. The zero-order valence-electron chi connectivity index (χ0n) is 9.26. The first kappa shape index (κ1) is 13.8. The molecule has 0 N–H and O–H groups in total. The second-order valence-corrected chi connectivity index (χ2v) is 4.56. The van der Waals surface area contributed by atoms with Crippen LogP contribution in [0.2, 0.25) is 5.02 Å². The highest BCUT2D eigenvalue weighted by atomic mass is 79.9. The molecule has 0 aliphatic heterocycles. The Hall–Kier alpha value is -1.27. The van der Waals surface area contributed by atoms with Gasteiger partial charge < -0.3 is 5.21 Å². The van der Waals surface area contributed by atoms with Gasteiger partial charge in [0.1, 0.15) is 6.20 Å². The van der Waals surface area contributed by atoms with E-state index in [2.05, 4.69) is 31.2 Å². The normalized spacial score (nSPS) is 9.41. The molecule has 90 valence electrons. The third-order valence-electron chi connectivity index (χ3n) is 1.68. The summed E-state index contributed by atoms with van der Waals surface area (Å²) in [6.45, 7) is 3.55. The first-order chi connectivity index (χ1) is 7.99. The Bertz CT molecular complexity index is 492. The fourth-order valence-corrected chi connectivity index (χ4v) is 1.56. The maximum atomic E-state index is 10.6. The van der Waals surface area contributed by atoms with Crippen molar-refractivity contribution in [2.45, 2.75) is 13.8 Å². The molecule has 0 aliphatic carbocycles. The van der Waals surface area contributed by atoms with Crippen LogP contribution in [-0.2, 0) is 0 Å². The van der Waals surface area contributed by atoms with Gasteiger partial charge in [0.15, 0.2) is 0 Å². The monoisotopic (exact) mass is 316 g/mol. The van der Waals surface area contributed by atoms with Crippen LogP contribution in [0.5, 0.6) is 0 Å². The topological polar surface area (TPSA) is 65.6 Å². The van der Waals surface area contributed by atoms with Crippen molar-refractivity contribution >= 4 is 27.5 Å². The number of nitrogens with zero attached hydrogens (tertiary/aromatic N) is 4. The van der Waals surface area contributed by atoms with E-state index in [0.717, 1.165) is 10.2 Å². The molecular formula is C10H10BrClN4O. The second-order valence-electron chi connectivity index (χ2n) is 3.20. The molecule has 0 aromatic carbocycles. The zero-order valence-corrected chi connectivity index (χ0v) is 11.6. The Morgan fingerprint density at radius 2 is 2.00 bits per heavy atom. The fourth-order valence-electron chi connectivity index (χ4n) is 0.931. The first-order valence-electron chi connectivity index (χ1n) is 4.66. The van der Waals surface area contributed by atoms with Gasteiger partial charge in [-0.1, -0.05) is 16.4 Å². The van der Waals surface area contributed by atoms with Crippen molar-refractivity contribution in [2.24, 2.45) is 0 Å². The summed E-state index contributed by atoms with van der Waals surface area (Å²) in [7, 11) is 0. The van der Waals surface area contributed by atoms with Gasteiger partial charge in [0.25, 0.3) is 0 Å².